The summed E-state index contributed by atoms with van der Waals surface area (Å²) < 4.78 is 21.4. The monoisotopic (exact) mass is 299 g/mol. The molecule has 0 heterocycles. The van der Waals surface area contributed by atoms with Crippen LogP contribution in [-0.2, 0) is 20.6 Å². The van der Waals surface area contributed by atoms with Crippen LogP contribution in [0.15, 0.2) is 29.2 Å². The zero-order valence-electron chi connectivity index (χ0n) is 12.1. The minimum absolute atomic E-state index is 0.0764. The Kier molecular flexibility index (Phi) is 7.61. The van der Waals surface area contributed by atoms with Crippen LogP contribution < -0.4 is 0 Å². The smallest absolute Gasteiger partial charge is 0.254 e. The first-order valence-corrected chi connectivity index (χ1v) is 7.86. The summed E-state index contributed by atoms with van der Waals surface area (Å²) in [7, 11) is 3.20. The van der Waals surface area contributed by atoms with Gasteiger partial charge >= 0.3 is 0 Å². The van der Waals surface area contributed by atoms with Crippen molar-refractivity contribution in [1.29, 1.82) is 0 Å². The van der Waals surface area contributed by atoms with E-state index in [0.717, 1.165) is 0 Å². The number of carbonyl (C=O) groups excluding carboxylic acids is 1. The number of benzene rings is 1. The van der Waals surface area contributed by atoms with Crippen molar-refractivity contribution < 1.29 is 18.8 Å². The normalized spacial score (nSPS) is 12.2. The van der Waals surface area contributed by atoms with Gasteiger partial charge in [-0.1, -0.05) is 0 Å². The fourth-order valence-corrected chi connectivity index (χ4v) is 2.21. The first kappa shape index (κ1) is 17.0. The first-order valence-electron chi connectivity index (χ1n) is 6.30. The van der Waals surface area contributed by atoms with Gasteiger partial charge in [-0.05, 0) is 35.4 Å². The molecule has 0 saturated carbocycles. The van der Waals surface area contributed by atoms with E-state index in [4.69, 9.17) is 9.47 Å². The van der Waals surface area contributed by atoms with Crippen molar-refractivity contribution in [3.63, 3.8) is 0 Å². The van der Waals surface area contributed by atoms with Crippen molar-refractivity contribution in [3.05, 3.63) is 29.8 Å². The van der Waals surface area contributed by atoms with Crippen LogP contribution in [0.5, 0.6) is 0 Å². The second-order valence-corrected chi connectivity index (χ2v) is 5.64. The maximum Gasteiger partial charge on any atom is 0.254 e. The number of ether oxygens (including phenoxy) is 2. The Balaban J connectivity index is 2.76. The number of hydrogen-bond donors (Lipinski definition) is 0. The van der Waals surface area contributed by atoms with Crippen LogP contribution in [-0.4, -0.2) is 62.1 Å². The maximum absolute atomic E-state index is 12.4. The molecule has 1 rings (SSSR count). The summed E-state index contributed by atoms with van der Waals surface area (Å²) in [5, 5.41) is 0. The van der Waals surface area contributed by atoms with Gasteiger partial charge in [-0.25, -0.2) is 0 Å². The molecule has 1 unspecified atom stereocenters. The van der Waals surface area contributed by atoms with Gasteiger partial charge < -0.3 is 18.9 Å². The van der Waals surface area contributed by atoms with Crippen LogP contribution in [0.2, 0.25) is 0 Å². The molecule has 1 atom stereocenters. The summed E-state index contributed by atoms with van der Waals surface area (Å²) in [4.78, 5) is 14.8. The lowest BCUT2D eigenvalue weighted by Crippen LogP contribution is -2.36. The fourth-order valence-electron chi connectivity index (χ4n) is 1.69. The van der Waals surface area contributed by atoms with Crippen LogP contribution in [0.4, 0.5) is 0 Å². The molecule has 0 radical (unpaired) electrons. The Morgan fingerprint density at radius 3 is 2.05 bits per heavy atom. The van der Waals surface area contributed by atoms with Gasteiger partial charge in [0.2, 0.25) is 0 Å². The minimum atomic E-state index is -1.04. The first-order chi connectivity index (χ1) is 9.60. The largest absolute Gasteiger partial charge is 0.612 e. The molecule has 0 bridgehead atoms. The molecule has 0 spiro atoms. The molecule has 1 aromatic rings. The van der Waals surface area contributed by atoms with E-state index < -0.39 is 11.2 Å². The number of rotatable bonds is 8. The Hall–Kier alpha value is -1.08. The number of amides is 1. The van der Waals surface area contributed by atoms with Crippen LogP contribution >= 0.6 is 0 Å². The van der Waals surface area contributed by atoms with E-state index in [1.165, 1.54) is 0 Å². The summed E-state index contributed by atoms with van der Waals surface area (Å²) in [5.41, 5.74) is 0.575. The second-order valence-electron chi connectivity index (χ2n) is 4.26. The molecule has 112 valence electrons. The summed E-state index contributed by atoms with van der Waals surface area (Å²) >= 11 is -1.04. The van der Waals surface area contributed by atoms with Crippen molar-refractivity contribution in [2.45, 2.75) is 4.90 Å². The molecule has 0 N–H and O–H groups in total. The van der Waals surface area contributed by atoms with E-state index in [2.05, 4.69) is 0 Å². The quantitative estimate of drug-likeness (QED) is 0.676. The topological polar surface area (TPSA) is 61.8 Å². The average Bonchev–Trinajstić information content (AvgIpc) is 2.47. The molecule has 1 aromatic carbocycles. The molecule has 0 aromatic heterocycles. The van der Waals surface area contributed by atoms with Crippen molar-refractivity contribution in [3.8, 4) is 0 Å². The standard InChI is InChI=1S/C14H21NO4S/c1-18-10-8-15(9-11-19-2)14(16)12-4-6-13(7-5-12)20(3)17/h4-7H,8-11H2,1-3H3. The molecule has 0 aliphatic carbocycles. The molecule has 20 heavy (non-hydrogen) atoms. The molecular weight excluding hydrogens is 278 g/mol. The Bertz CT molecular complexity index is 400. The third kappa shape index (κ3) is 5.13. The van der Waals surface area contributed by atoms with Gasteiger partial charge in [0.15, 0.2) is 4.90 Å². The Morgan fingerprint density at radius 1 is 1.15 bits per heavy atom. The van der Waals surface area contributed by atoms with Crippen molar-refractivity contribution in [2.24, 2.45) is 0 Å². The van der Waals surface area contributed by atoms with Crippen LogP contribution in [0.3, 0.4) is 0 Å². The van der Waals surface area contributed by atoms with E-state index in [9.17, 15) is 9.35 Å². The maximum atomic E-state index is 12.4. The highest BCUT2D eigenvalue weighted by atomic mass is 32.2. The third-order valence-electron chi connectivity index (χ3n) is 2.85. The molecule has 0 aliphatic heterocycles. The highest BCUT2D eigenvalue weighted by Gasteiger charge is 2.16. The Labute approximate surface area is 123 Å². The zero-order chi connectivity index (χ0) is 15.0. The summed E-state index contributed by atoms with van der Waals surface area (Å²) in [6.45, 7) is 1.99. The van der Waals surface area contributed by atoms with Crippen LogP contribution in [0.1, 0.15) is 10.4 Å². The van der Waals surface area contributed by atoms with E-state index in [1.54, 1.807) is 49.6 Å². The lowest BCUT2D eigenvalue weighted by Gasteiger charge is -2.22. The van der Waals surface area contributed by atoms with Gasteiger partial charge in [0.1, 0.15) is 6.26 Å². The second kappa shape index (κ2) is 8.97. The third-order valence-corrected chi connectivity index (χ3v) is 3.79. The van der Waals surface area contributed by atoms with Crippen molar-refractivity contribution in [1.82, 2.24) is 4.90 Å². The Morgan fingerprint density at radius 2 is 1.65 bits per heavy atom. The van der Waals surface area contributed by atoms with Gasteiger partial charge in [0.05, 0.1) is 13.2 Å². The van der Waals surface area contributed by atoms with Crippen molar-refractivity contribution >= 4 is 17.1 Å². The fraction of sp³-hybridized carbons (Fsp3) is 0.500. The van der Waals surface area contributed by atoms with E-state index in [0.29, 0.717) is 36.8 Å². The van der Waals surface area contributed by atoms with Gasteiger partial charge in [0, 0.05) is 32.9 Å². The molecule has 6 heteroatoms. The van der Waals surface area contributed by atoms with Gasteiger partial charge in [0.25, 0.3) is 5.91 Å². The number of methoxy groups -OCH3 is 2. The van der Waals surface area contributed by atoms with Crippen LogP contribution in [0.25, 0.3) is 0 Å². The highest BCUT2D eigenvalue weighted by Crippen LogP contribution is 2.12. The van der Waals surface area contributed by atoms with Crippen LogP contribution in [0, 0.1) is 0 Å². The number of nitrogens with zero attached hydrogens (tertiary/aromatic N) is 1. The molecule has 0 saturated heterocycles. The lowest BCUT2D eigenvalue weighted by atomic mass is 10.2. The lowest BCUT2D eigenvalue weighted by molar-refractivity contribution is 0.0627. The number of carbonyl (C=O) groups is 1. The SMILES string of the molecule is COCCN(CCOC)C(=O)c1ccc([S+](C)[O-])cc1. The average molecular weight is 299 g/mol. The molecule has 1 amide bonds. The molecular formula is C14H21NO4S. The highest BCUT2D eigenvalue weighted by molar-refractivity contribution is 7.90. The zero-order valence-corrected chi connectivity index (χ0v) is 12.9. The predicted octanol–water partition coefficient (Wildman–Crippen LogP) is 1.16. The minimum Gasteiger partial charge on any atom is -0.612 e. The van der Waals surface area contributed by atoms with Gasteiger partial charge in [-0.2, -0.15) is 0 Å². The van der Waals surface area contributed by atoms with E-state index in [1.807, 2.05) is 0 Å². The van der Waals surface area contributed by atoms with Crippen molar-refractivity contribution in [2.75, 3.05) is 46.8 Å². The molecule has 0 aliphatic rings. The van der Waals surface area contributed by atoms with Gasteiger partial charge in [-0.3, -0.25) is 4.79 Å². The van der Waals surface area contributed by atoms with E-state index >= 15 is 0 Å². The summed E-state index contributed by atoms with van der Waals surface area (Å²) in [6.07, 6.45) is 1.61. The van der Waals surface area contributed by atoms with Gasteiger partial charge in [-0.15, -0.1) is 0 Å². The number of hydrogen-bond acceptors (Lipinski definition) is 4. The summed E-state index contributed by atoms with van der Waals surface area (Å²) in [6, 6.07) is 6.83. The summed E-state index contributed by atoms with van der Waals surface area (Å²) in [5.74, 6) is -0.0764. The predicted molar refractivity (Wildman–Crippen MR) is 78.4 cm³/mol. The molecule has 5 nitrogen and oxygen atoms in total. The van der Waals surface area contributed by atoms with E-state index in [-0.39, 0.29) is 5.91 Å². The molecule has 0 fully saturated rings.